The highest BCUT2D eigenvalue weighted by Gasteiger charge is 2.37. The summed E-state index contributed by atoms with van der Waals surface area (Å²) in [5, 5.41) is 2.46. The molecule has 0 aromatic carbocycles. The Hall–Kier alpha value is -2.02. The Bertz CT molecular complexity index is 397. The molecule has 1 aliphatic heterocycles. The molecule has 0 fully saturated rings. The monoisotopic (exact) mass is 193 g/mol. The third kappa shape index (κ3) is 1.11. The van der Waals surface area contributed by atoms with Crippen molar-refractivity contribution in [1.29, 1.82) is 0 Å². The molecule has 4 N–H and O–H groups in total. The minimum Gasteiger partial charge on any atom is -0.309 e. The van der Waals surface area contributed by atoms with E-state index in [4.69, 9.17) is 5.84 Å². The van der Waals surface area contributed by atoms with E-state index in [9.17, 15) is 9.59 Å². The third-order valence-corrected chi connectivity index (χ3v) is 1.96. The number of hydrazine groups is 1. The number of nitrogens with two attached hydrogens (primary N) is 1. The van der Waals surface area contributed by atoms with Crippen molar-refractivity contribution in [3.05, 3.63) is 18.1 Å². The molecule has 0 bridgehead atoms. The van der Waals surface area contributed by atoms with Gasteiger partial charge in [0, 0.05) is 11.8 Å². The van der Waals surface area contributed by atoms with Crippen LogP contribution < -0.4 is 16.6 Å². The molecule has 2 rings (SSSR count). The SMILES string of the molecule is NNC(=O)C1C(=O)Nc2ncncc21. The lowest BCUT2D eigenvalue weighted by molar-refractivity contribution is -0.128. The summed E-state index contributed by atoms with van der Waals surface area (Å²) in [5.74, 6) is 3.35. The van der Waals surface area contributed by atoms with Gasteiger partial charge in [-0.2, -0.15) is 0 Å². The van der Waals surface area contributed by atoms with Crippen LogP contribution in [-0.4, -0.2) is 21.8 Å². The van der Waals surface area contributed by atoms with Crippen LogP contribution in [0, 0.1) is 0 Å². The van der Waals surface area contributed by atoms with Gasteiger partial charge in [-0.25, -0.2) is 15.8 Å². The minimum atomic E-state index is -0.948. The first-order valence-corrected chi connectivity index (χ1v) is 3.85. The first-order valence-electron chi connectivity index (χ1n) is 3.85. The zero-order chi connectivity index (χ0) is 10.1. The van der Waals surface area contributed by atoms with Gasteiger partial charge in [0.1, 0.15) is 18.1 Å². The summed E-state index contributed by atoms with van der Waals surface area (Å²) in [7, 11) is 0. The van der Waals surface area contributed by atoms with Gasteiger partial charge in [0.2, 0.25) is 5.91 Å². The van der Waals surface area contributed by atoms with Crippen molar-refractivity contribution in [2.45, 2.75) is 5.92 Å². The number of hydrogen-bond acceptors (Lipinski definition) is 5. The van der Waals surface area contributed by atoms with E-state index in [1.54, 1.807) is 0 Å². The van der Waals surface area contributed by atoms with Gasteiger partial charge in [-0.05, 0) is 0 Å². The minimum absolute atomic E-state index is 0.360. The van der Waals surface area contributed by atoms with Crippen LogP contribution in [-0.2, 0) is 9.59 Å². The number of nitrogens with zero attached hydrogens (tertiary/aromatic N) is 2. The largest absolute Gasteiger partial charge is 0.309 e. The van der Waals surface area contributed by atoms with E-state index in [0.717, 1.165) is 0 Å². The summed E-state index contributed by atoms with van der Waals surface area (Å²) in [6.45, 7) is 0. The predicted octanol–water partition coefficient (Wildman–Crippen LogP) is -1.50. The van der Waals surface area contributed by atoms with Crippen molar-refractivity contribution >= 4 is 17.6 Å². The Morgan fingerprint density at radius 3 is 3.14 bits per heavy atom. The molecule has 7 nitrogen and oxygen atoms in total. The lowest BCUT2D eigenvalue weighted by Crippen LogP contribution is -2.37. The van der Waals surface area contributed by atoms with Crippen LogP contribution in [0.3, 0.4) is 0 Å². The normalized spacial score (nSPS) is 18.6. The highest BCUT2D eigenvalue weighted by Crippen LogP contribution is 2.29. The fourth-order valence-electron chi connectivity index (χ4n) is 1.33. The second-order valence-electron chi connectivity index (χ2n) is 2.76. The quantitative estimate of drug-likeness (QED) is 0.217. The number of hydrogen-bond donors (Lipinski definition) is 3. The van der Waals surface area contributed by atoms with E-state index >= 15 is 0 Å². The fraction of sp³-hybridized carbons (Fsp3) is 0.143. The van der Waals surface area contributed by atoms with E-state index in [0.29, 0.717) is 11.4 Å². The van der Waals surface area contributed by atoms with Crippen molar-refractivity contribution in [3.8, 4) is 0 Å². The number of nitrogens with one attached hydrogen (secondary N) is 2. The number of amides is 2. The molecular weight excluding hydrogens is 186 g/mol. The molecule has 0 saturated carbocycles. The van der Waals surface area contributed by atoms with E-state index in [-0.39, 0.29) is 0 Å². The average Bonchev–Trinajstić information content (AvgIpc) is 2.53. The van der Waals surface area contributed by atoms with Gasteiger partial charge in [-0.1, -0.05) is 0 Å². The first-order chi connectivity index (χ1) is 6.74. The van der Waals surface area contributed by atoms with Gasteiger partial charge in [0.15, 0.2) is 0 Å². The maximum atomic E-state index is 11.3. The summed E-state index contributed by atoms with van der Waals surface area (Å²) in [6.07, 6.45) is 2.71. The number of carbonyl (C=O) groups excluding carboxylic acids is 2. The Balaban J connectivity index is 2.44. The number of aromatic nitrogens is 2. The summed E-state index contributed by atoms with van der Waals surface area (Å²) in [5.41, 5.74) is 2.37. The second kappa shape index (κ2) is 3.04. The smallest absolute Gasteiger partial charge is 0.251 e. The second-order valence-corrected chi connectivity index (χ2v) is 2.76. The molecule has 14 heavy (non-hydrogen) atoms. The van der Waals surface area contributed by atoms with Crippen LogP contribution >= 0.6 is 0 Å². The Kier molecular flexibility index (Phi) is 1.86. The van der Waals surface area contributed by atoms with Crippen LogP contribution in [0.5, 0.6) is 0 Å². The van der Waals surface area contributed by atoms with E-state index < -0.39 is 17.7 Å². The predicted molar refractivity (Wildman–Crippen MR) is 45.7 cm³/mol. The lowest BCUT2D eigenvalue weighted by atomic mass is 10.0. The fourth-order valence-corrected chi connectivity index (χ4v) is 1.33. The van der Waals surface area contributed by atoms with Crippen molar-refractivity contribution in [2.75, 3.05) is 5.32 Å². The molecule has 0 radical (unpaired) electrons. The van der Waals surface area contributed by atoms with E-state index in [1.165, 1.54) is 12.5 Å². The molecule has 72 valence electrons. The molecule has 7 heteroatoms. The first kappa shape index (κ1) is 8.57. The topological polar surface area (TPSA) is 110 Å². The van der Waals surface area contributed by atoms with Crippen molar-refractivity contribution in [1.82, 2.24) is 15.4 Å². The summed E-state index contributed by atoms with van der Waals surface area (Å²) in [4.78, 5) is 30.1. The molecule has 1 aromatic rings. The van der Waals surface area contributed by atoms with Crippen molar-refractivity contribution < 1.29 is 9.59 Å². The Morgan fingerprint density at radius 1 is 1.64 bits per heavy atom. The van der Waals surface area contributed by atoms with Crippen LogP contribution in [0.1, 0.15) is 11.5 Å². The molecule has 0 spiro atoms. The van der Waals surface area contributed by atoms with Gasteiger partial charge in [0.25, 0.3) is 5.91 Å². The molecule has 2 heterocycles. The van der Waals surface area contributed by atoms with Gasteiger partial charge >= 0.3 is 0 Å². The molecular formula is C7H7N5O2. The molecule has 0 saturated heterocycles. The van der Waals surface area contributed by atoms with Crippen LogP contribution in [0.25, 0.3) is 0 Å². The zero-order valence-electron chi connectivity index (χ0n) is 7.02. The third-order valence-electron chi connectivity index (χ3n) is 1.96. The molecule has 0 aliphatic carbocycles. The lowest BCUT2D eigenvalue weighted by Gasteiger charge is -2.04. The van der Waals surface area contributed by atoms with Gasteiger partial charge < -0.3 is 5.32 Å². The molecule has 1 aliphatic rings. The maximum absolute atomic E-state index is 11.3. The molecule has 1 unspecified atom stereocenters. The summed E-state index contributed by atoms with van der Waals surface area (Å²) in [6, 6.07) is 0. The maximum Gasteiger partial charge on any atom is 0.251 e. The van der Waals surface area contributed by atoms with Crippen LogP contribution in [0.2, 0.25) is 0 Å². The standard InChI is InChI=1S/C7H7N5O2/c8-12-7(14)4-3-1-9-2-10-5(3)11-6(4)13/h1-2,4H,8H2,(H,12,14)(H,9,10,11,13). The van der Waals surface area contributed by atoms with E-state index in [1.807, 2.05) is 5.43 Å². The zero-order valence-corrected chi connectivity index (χ0v) is 7.02. The van der Waals surface area contributed by atoms with Gasteiger partial charge in [0.05, 0.1) is 0 Å². The summed E-state index contributed by atoms with van der Waals surface area (Å²) < 4.78 is 0. The highest BCUT2D eigenvalue weighted by molar-refractivity contribution is 6.15. The number of fused-ring (bicyclic) bond motifs is 1. The van der Waals surface area contributed by atoms with Gasteiger partial charge in [-0.15, -0.1) is 0 Å². The van der Waals surface area contributed by atoms with Crippen molar-refractivity contribution in [2.24, 2.45) is 5.84 Å². The number of anilines is 1. The highest BCUT2D eigenvalue weighted by atomic mass is 16.2. The molecule has 1 aromatic heterocycles. The Morgan fingerprint density at radius 2 is 2.43 bits per heavy atom. The Labute approximate surface area is 78.7 Å². The van der Waals surface area contributed by atoms with Crippen LogP contribution in [0.15, 0.2) is 12.5 Å². The summed E-state index contributed by atoms with van der Waals surface area (Å²) >= 11 is 0. The van der Waals surface area contributed by atoms with Crippen molar-refractivity contribution in [3.63, 3.8) is 0 Å². The molecule has 2 amide bonds. The van der Waals surface area contributed by atoms with E-state index in [2.05, 4.69) is 15.3 Å². The average molecular weight is 193 g/mol. The number of rotatable bonds is 1. The number of carbonyl (C=O) groups is 2. The van der Waals surface area contributed by atoms with Gasteiger partial charge in [-0.3, -0.25) is 15.0 Å². The molecule has 1 atom stereocenters. The van der Waals surface area contributed by atoms with Crippen LogP contribution in [0.4, 0.5) is 5.82 Å².